The van der Waals surface area contributed by atoms with Gasteiger partial charge in [0.2, 0.25) is 11.8 Å². The fourth-order valence-electron chi connectivity index (χ4n) is 4.13. The third-order valence-corrected chi connectivity index (χ3v) is 9.19. The molecule has 0 saturated heterocycles. The van der Waals surface area contributed by atoms with Gasteiger partial charge < -0.3 is 10.2 Å². The summed E-state index contributed by atoms with van der Waals surface area (Å²) in [7, 11) is -4.22. The van der Waals surface area contributed by atoms with Crippen molar-refractivity contribution in [2.45, 2.75) is 51.6 Å². The molecule has 2 amide bonds. The number of rotatable bonds is 12. The van der Waals surface area contributed by atoms with Crippen LogP contribution in [0, 0.1) is 12.8 Å². The summed E-state index contributed by atoms with van der Waals surface area (Å²) >= 11 is 18.4. The standard InChI is InChI=1S/C30H34Cl3N3O4S/c1-5-28(30(38)34-17-20(2)3)35(18-22-8-10-23(31)11-9-22)29(37)19-36(24-12-15-26(32)27(33)16-24)41(39,40)25-13-6-21(4)7-14-25/h6-16,20,28H,5,17-19H2,1-4H3,(H,34,38)/t28-/m0/s1. The molecule has 1 N–H and O–H groups in total. The zero-order chi connectivity index (χ0) is 30.3. The maximum Gasteiger partial charge on any atom is 0.264 e. The second kappa shape index (κ2) is 14.4. The molecule has 0 unspecified atom stereocenters. The molecule has 0 aromatic heterocycles. The van der Waals surface area contributed by atoms with E-state index in [0.717, 1.165) is 15.4 Å². The number of anilines is 1. The predicted molar refractivity (Wildman–Crippen MR) is 166 cm³/mol. The van der Waals surface area contributed by atoms with Gasteiger partial charge in [-0.3, -0.25) is 13.9 Å². The maximum absolute atomic E-state index is 14.1. The zero-order valence-electron chi connectivity index (χ0n) is 23.4. The first-order valence-corrected chi connectivity index (χ1v) is 15.8. The number of carbonyl (C=O) groups excluding carboxylic acids is 2. The number of nitrogens with one attached hydrogen (secondary N) is 1. The van der Waals surface area contributed by atoms with Gasteiger partial charge in [0.15, 0.2) is 0 Å². The molecule has 7 nitrogen and oxygen atoms in total. The first-order valence-electron chi connectivity index (χ1n) is 13.2. The molecular weight excluding hydrogens is 605 g/mol. The molecule has 0 bridgehead atoms. The van der Waals surface area contributed by atoms with Crippen molar-refractivity contribution in [2.24, 2.45) is 5.92 Å². The van der Waals surface area contributed by atoms with Gasteiger partial charge >= 0.3 is 0 Å². The van der Waals surface area contributed by atoms with Gasteiger partial charge in [0.1, 0.15) is 12.6 Å². The van der Waals surface area contributed by atoms with Crippen molar-refractivity contribution in [3.8, 4) is 0 Å². The van der Waals surface area contributed by atoms with Gasteiger partial charge in [0.25, 0.3) is 10.0 Å². The summed E-state index contributed by atoms with van der Waals surface area (Å²) in [4.78, 5) is 28.8. The van der Waals surface area contributed by atoms with Gasteiger partial charge in [0.05, 0.1) is 20.6 Å². The average molecular weight is 639 g/mol. The van der Waals surface area contributed by atoms with Crippen LogP contribution in [0.25, 0.3) is 0 Å². The molecule has 0 spiro atoms. The highest BCUT2D eigenvalue weighted by molar-refractivity contribution is 7.92. The van der Waals surface area contributed by atoms with E-state index < -0.39 is 28.5 Å². The van der Waals surface area contributed by atoms with Crippen molar-refractivity contribution in [3.63, 3.8) is 0 Å². The molecule has 0 saturated carbocycles. The Bertz CT molecular complexity index is 1460. The van der Waals surface area contributed by atoms with Crippen LogP contribution in [-0.2, 0) is 26.2 Å². The Labute approximate surface area is 257 Å². The Morgan fingerprint density at radius 1 is 0.902 bits per heavy atom. The van der Waals surface area contributed by atoms with E-state index in [1.165, 1.54) is 35.2 Å². The van der Waals surface area contributed by atoms with Gasteiger partial charge in [-0.05, 0) is 67.3 Å². The van der Waals surface area contributed by atoms with Gasteiger partial charge in [-0.1, -0.05) is 85.4 Å². The van der Waals surface area contributed by atoms with Crippen LogP contribution in [-0.4, -0.2) is 44.3 Å². The number of nitrogens with zero attached hydrogens (tertiary/aromatic N) is 2. The molecule has 0 aliphatic carbocycles. The number of carbonyl (C=O) groups is 2. The molecule has 0 radical (unpaired) electrons. The second-order valence-electron chi connectivity index (χ2n) is 10.1. The van der Waals surface area contributed by atoms with Crippen molar-refractivity contribution >= 4 is 62.3 Å². The van der Waals surface area contributed by atoms with Gasteiger partial charge in [-0.2, -0.15) is 0 Å². The fraction of sp³-hybridized carbons (Fsp3) is 0.333. The summed E-state index contributed by atoms with van der Waals surface area (Å²) in [6, 6.07) is 16.8. The van der Waals surface area contributed by atoms with Gasteiger partial charge in [0, 0.05) is 18.1 Å². The van der Waals surface area contributed by atoms with Crippen molar-refractivity contribution in [1.29, 1.82) is 0 Å². The maximum atomic E-state index is 14.1. The molecular formula is C30H34Cl3N3O4S. The molecule has 220 valence electrons. The summed E-state index contributed by atoms with van der Waals surface area (Å²) in [6.45, 7) is 7.54. The van der Waals surface area contributed by atoms with Crippen molar-refractivity contribution in [2.75, 3.05) is 17.4 Å². The van der Waals surface area contributed by atoms with Crippen LogP contribution in [0.3, 0.4) is 0 Å². The molecule has 11 heteroatoms. The molecule has 1 atom stereocenters. The normalized spacial score (nSPS) is 12.2. The highest BCUT2D eigenvalue weighted by Crippen LogP contribution is 2.31. The molecule has 41 heavy (non-hydrogen) atoms. The van der Waals surface area contributed by atoms with Crippen molar-refractivity contribution in [3.05, 3.63) is 92.9 Å². The summed E-state index contributed by atoms with van der Waals surface area (Å²) in [5, 5.41) is 3.82. The monoisotopic (exact) mass is 637 g/mol. The molecule has 3 aromatic rings. The lowest BCUT2D eigenvalue weighted by Gasteiger charge is -2.33. The lowest BCUT2D eigenvalue weighted by molar-refractivity contribution is -0.140. The van der Waals surface area contributed by atoms with Crippen LogP contribution < -0.4 is 9.62 Å². The Morgan fingerprint density at radius 3 is 2.10 bits per heavy atom. The Kier molecular flexibility index (Phi) is 11.5. The molecule has 0 aliphatic rings. The van der Waals surface area contributed by atoms with Crippen LogP contribution in [0.4, 0.5) is 5.69 Å². The van der Waals surface area contributed by atoms with Gasteiger partial charge in [-0.15, -0.1) is 0 Å². The second-order valence-corrected chi connectivity index (χ2v) is 13.2. The molecule has 0 heterocycles. The number of amides is 2. The number of hydrogen-bond acceptors (Lipinski definition) is 4. The highest BCUT2D eigenvalue weighted by Gasteiger charge is 2.34. The van der Waals surface area contributed by atoms with E-state index in [0.29, 0.717) is 18.0 Å². The first kappa shape index (κ1) is 32.7. The minimum absolute atomic E-state index is 0.00735. The van der Waals surface area contributed by atoms with Crippen molar-refractivity contribution < 1.29 is 18.0 Å². The minimum atomic E-state index is -4.22. The largest absolute Gasteiger partial charge is 0.354 e. The molecule has 3 rings (SSSR count). The average Bonchev–Trinajstić information content (AvgIpc) is 2.93. The van der Waals surface area contributed by atoms with E-state index in [1.54, 1.807) is 36.4 Å². The number of halogens is 3. The van der Waals surface area contributed by atoms with E-state index in [4.69, 9.17) is 34.8 Å². The van der Waals surface area contributed by atoms with E-state index in [2.05, 4.69) is 5.32 Å². The smallest absolute Gasteiger partial charge is 0.264 e. The van der Waals surface area contributed by atoms with Crippen LogP contribution in [0.1, 0.15) is 38.3 Å². The lowest BCUT2D eigenvalue weighted by Crippen LogP contribution is -2.52. The van der Waals surface area contributed by atoms with E-state index >= 15 is 0 Å². The first-order chi connectivity index (χ1) is 19.3. The zero-order valence-corrected chi connectivity index (χ0v) is 26.5. The summed E-state index contributed by atoms with van der Waals surface area (Å²) < 4.78 is 28.9. The Balaban J connectivity index is 2.06. The third kappa shape index (κ3) is 8.61. The molecule has 0 fully saturated rings. The number of sulfonamides is 1. The Morgan fingerprint density at radius 2 is 1.54 bits per heavy atom. The van der Waals surface area contributed by atoms with Crippen LogP contribution in [0.2, 0.25) is 15.1 Å². The molecule has 3 aromatic carbocycles. The molecule has 0 aliphatic heterocycles. The van der Waals surface area contributed by atoms with Crippen LogP contribution in [0.5, 0.6) is 0 Å². The van der Waals surface area contributed by atoms with E-state index in [1.807, 2.05) is 27.7 Å². The van der Waals surface area contributed by atoms with Gasteiger partial charge in [-0.25, -0.2) is 8.42 Å². The summed E-state index contributed by atoms with van der Waals surface area (Å²) in [5.41, 5.74) is 1.78. The van der Waals surface area contributed by atoms with E-state index in [9.17, 15) is 18.0 Å². The summed E-state index contributed by atoms with van der Waals surface area (Å²) in [5.74, 6) is -0.666. The van der Waals surface area contributed by atoms with Crippen LogP contribution in [0.15, 0.2) is 71.6 Å². The topological polar surface area (TPSA) is 86.8 Å². The SMILES string of the molecule is CC[C@@H](C(=O)NCC(C)C)N(Cc1ccc(Cl)cc1)C(=O)CN(c1ccc(Cl)c(Cl)c1)S(=O)(=O)c1ccc(C)cc1. The summed E-state index contributed by atoms with van der Waals surface area (Å²) in [6.07, 6.45) is 0.320. The van der Waals surface area contributed by atoms with Crippen LogP contribution >= 0.6 is 34.8 Å². The number of benzene rings is 3. The lowest BCUT2D eigenvalue weighted by atomic mass is 10.1. The predicted octanol–water partition coefficient (Wildman–Crippen LogP) is 6.73. The quantitative estimate of drug-likeness (QED) is 0.238. The van der Waals surface area contributed by atoms with E-state index in [-0.39, 0.29) is 39.0 Å². The Hall–Kier alpha value is -2.78. The number of aryl methyl sites for hydroxylation is 1. The fourth-order valence-corrected chi connectivity index (χ4v) is 5.96. The minimum Gasteiger partial charge on any atom is -0.354 e. The highest BCUT2D eigenvalue weighted by atomic mass is 35.5. The number of hydrogen-bond donors (Lipinski definition) is 1. The van der Waals surface area contributed by atoms with Crippen molar-refractivity contribution in [1.82, 2.24) is 10.2 Å². The third-order valence-electron chi connectivity index (χ3n) is 6.42.